The van der Waals surface area contributed by atoms with Crippen molar-refractivity contribution >= 4 is 17.7 Å². The largest absolute Gasteiger partial charge is 0.478 e. The van der Waals surface area contributed by atoms with E-state index in [-0.39, 0.29) is 0 Å². The normalized spacial score (nSPS) is 10.3. The lowest BCUT2D eigenvalue weighted by Gasteiger charge is -2.04. The first-order valence-corrected chi connectivity index (χ1v) is 5.59. The number of methoxy groups -OCH3 is 1. The standard InChI is InChI=1S/C11H14O3S/c1-8-3-4-9(15-6-5-14-2)7-10(8)11(12)13/h3-4,7H,5-6H2,1-2H3,(H,12,13). The Kier molecular flexibility index (Phi) is 4.65. The van der Waals surface area contributed by atoms with Crippen LogP contribution in [0.1, 0.15) is 15.9 Å². The van der Waals surface area contributed by atoms with Crippen LogP contribution in [0.15, 0.2) is 23.1 Å². The van der Waals surface area contributed by atoms with E-state index in [1.807, 2.05) is 12.1 Å². The van der Waals surface area contributed by atoms with Crippen molar-refractivity contribution in [3.05, 3.63) is 29.3 Å². The minimum absolute atomic E-state index is 0.373. The molecule has 0 aliphatic rings. The minimum Gasteiger partial charge on any atom is -0.478 e. The monoisotopic (exact) mass is 226 g/mol. The van der Waals surface area contributed by atoms with Crippen LogP contribution in [0.3, 0.4) is 0 Å². The van der Waals surface area contributed by atoms with Crippen molar-refractivity contribution in [1.29, 1.82) is 0 Å². The number of hydrogen-bond acceptors (Lipinski definition) is 3. The Morgan fingerprint density at radius 2 is 2.27 bits per heavy atom. The molecule has 0 fully saturated rings. The van der Waals surface area contributed by atoms with Crippen molar-refractivity contribution in [2.45, 2.75) is 11.8 Å². The van der Waals surface area contributed by atoms with Gasteiger partial charge in [-0.1, -0.05) is 6.07 Å². The van der Waals surface area contributed by atoms with Gasteiger partial charge in [0.05, 0.1) is 12.2 Å². The summed E-state index contributed by atoms with van der Waals surface area (Å²) in [6.07, 6.45) is 0. The molecule has 0 radical (unpaired) electrons. The van der Waals surface area contributed by atoms with Gasteiger partial charge in [-0.3, -0.25) is 0 Å². The topological polar surface area (TPSA) is 46.5 Å². The van der Waals surface area contributed by atoms with E-state index in [4.69, 9.17) is 9.84 Å². The van der Waals surface area contributed by atoms with Crippen LogP contribution in [-0.4, -0.2) is 30.5 Å². The van der Waals surface area contributed by atoms with Crippen molar-refractivity contribution in [2.24, 2.45) is 0 Å². The molecule has 0 amide bonds. The second-order valence-electron chi connectivity index (χ2n) is 3.12. The molecule has 0 atom stereocenters. The summed E-state index contributed by atoms with van der Waals surface area (Å²) in [6, 6.07) is 5.47. The second kappa shape index (κ2) is 5.78. The van der Waals surface area contributed by atoms with E-state index in [2.05, 4.69) is 0 Å². The number of rotatable bonds is 5. The maximum atomic E-state index is 10.9. The third-order valence-corrected chi connectivity index (χ3v) is 2.95. The van der Waals surface area contributed by atoms with Crippen LogP contribution in [0.2, 0.25) is 0 Å². The SMILES string of the molecule is COCCSc1ccc(C)c(C(=O)O)c1. The van der Waals surface area contributed by atoms with Gasteiger partial charge >= 0.3 is 5.97 Å². The highest BCUT2D eigenvalue weighted by molar-refractivity contribution is 7.99. The molecule has 82 valence electrons. The molecular weight excluding hydrogens is 212 g/mol. The van der Waals surface area contributed by atoms with Crippen molar-refractivity contribution < 1.29 is 14.6 Å². The molecule has 1 aromatic carbocycles. The number of benzene rings is 1. The summed E-state index contributed by atoms with van der Waals surface area (Å²) in [5.41, 5.74) is 1.16. The first-order valence-electron chi connectivity index (χ1n) is 4.61. The van der Waals surface area contributed by atoms with Crippen LogP contribution in [0.25, 0.3) is 0 Å². The molecule has 0 saturated heterocycles. The van der Waals surface area contributed by atoms with Gasteiger partial charge in [-0.05, 0) is 24.6 Å². The number of carbonyl (C=O) groups is 1. The zero-order valence-electron chi connectivity index (χ0n) is 8.82. The lowest BCUT2D eigenvalue weighted by molar-refractivity contribution is 0.0696. The van der Waals surface area contributed by atoms with Crippen LogP contribution in [0.5, 0.6) is 0 Å². The Morgan fingerprint density at radius 3 is 2.87 bits per heavy atom. The van der Waals surface area contributed by atoms with Gasteiger partial charge in [0.1, 0.15) is 0 Å². The summed E-state index contributed by atoms with van der Waals surface area (Å²) in [7, 11) is 1.65. The molecule has 15 heavy (non-hydrogen) atoms. The highest BCUT2D eigenvalue weighted by Crippen LogP contribution is 2.21. The Morgan fingerprint density at radius 1 is 1.53 bits per heavy atom. The fourth-order valence-corrected chi connectivity index (χ4v) is 2.02. The first-order chi connectivity index (χ1) is 7.15. The van der Waals surface area contributed by atoms with Gasteiger partial charge in [0.25, 0.3) is 0 Å². The maximum Gasteiger partial charge on any atom is 0.335 e. The fourth-order valence-electron chi connectivity index (χ4n) is 1.16. The van der Waals surface area contributed by atoms with Crippen LogP contribution >= 0.6 is 11.8 Å². The van der Waals surface area contributed by atoms with Crippen LogP contribution in [0.4, 0.5) is 0 Å². The highest BCUT2D eigenvalue weighted by atomic mass is 32.2. The number of carboxylic acid groups (broad SMARTS) is 1. The van der Waals surface area contributed by atoms with Gasteiger partial charge in [0, 0.05) is 17.8 Å². The smallest absolute Gasteiger partial charge is 0.335 e. The molecule has 0 aromatic heterocycles. The number of aromatic carboxylic acids is 1. The number of aryl methyl sites for hydroxylation is 1. The van der Waals surface area contributed by atoms with E-state index < -0.39 is 5.97 Å². The van der Waals surface area contributed by atoms with Crippen molar-refractivity contribution in [3.63, 3.8) is 0 Å². The molecule has 0 heterocycles. The average molecular weight is 226 g/mol. The zero-order chi connectivity index (χ0) is 11.3. The van der Waals surface area contributed by atoms with Gasteiger partial charge in [0.15, 0.2) is 0 Å². The third-order valence-electron chi connectivity index (χ3n) is 2.00. The zero-order valence-corrected chi connectivity index (χ0v) is 9.63. The Bertz CT molecular complexity index is 350. The maximum absolute atomic E-state index is 10.9. The van der Waals surface area contributed by atoms with E-state index >= 15 is 0 Å². The Hall–Kier alpha value is -1.00. The van der Waals surface area contributed by atoms with E-state index in [1.54, 1.807) is 31.9 Å². The van der Waals surface area contributed by atoms with Gasteiger partial charge < -0.3 is 9.84 Å². The molecular formula is C11H14O3S. The second-order valence-corrected chi connectivity index (χ2v) is 4.29. The number of thioether (sulfide) groups is 1. The van der Waals surface area contributed by atoms with Gasteiger partial charge in [-0.2, -0.15) is 0 Å². The molecule has 1 rings (SSSR count). The van der Waals surface area contributed by atoms with Gasteiger partial charge in [-0.15, -0.1) is 11.8 Å². The number of hydrogen-bond donors (Lipinski definition) is 1. The molecule has 0 aliphatic carbocycles. The summed E-state index contributed by atoms with van der Waals surface area (Å²) >= 11 is 1.60. The number of carboxylic acids is 1. The Labute approximate surface area is 93.4 Å². The predicted octanol–water partition coefficient (Wildman–Crippen LogP) is 2.43. The van der Waals surface area contributed by atoms with Crippen molar-refractivity contribution in [1.82, 2.24) is 0 Å². The average Bonchev–Trinajstić information content (AvgIpc) is 2.20. The van der Waals surface area contributed by atoms with Crippen LogP contribution in [-0.2, 0) is 4.74 Å². The van der Waals surface area contributed by atoms with Crippen LogP contribution < -0.4 is 0 Å². The fraction of sp³-hybridized carbons (Fsp3) is 0.364. The summed E-state index contributed by atoms with van der Waals surface area (Å²) in [4.78, 5) is 11.8. The van der Waals surface area contributed by atoms with Crippen LogP contribution in [0, 0.1) is 6.92 Å². The van der Waals surface area contributed by atoms with E-state index in [0.29, 0.717) is 12.2 Å². The molecule has 0 unspecified atom stereocenters. The molecule has 0 aliphatic heterocycles. The van der Waals surface area contributed by atoms with E-state index in [9.17, 15) is 4.79 Å². The summed E-state index contributed by atoms with van der Waals surface area (Å²) in [5.74, 6) is -0.0415. The molecule has 3 nitrogen and oxygen atoms in total. The van der Waals surface area contributed by atoms with E-state index in [0.717, 1.165) is 16.2 Å². The molecule has 0 bridgehead atoms. The lowest BCUT2D eigenvalue weighted by Crippen LogP contribution is -2.00. The summed E-state index contributed by atoms with van der Waals surface area (Å²) < 4.78 is 4.93. The molecule has 0 spiro atoms. The predicted molar refractivity (Wildman–Crippen MR) is 60.7 cm³/mol. The van der Waals surface area contributed by atoms with Gasteiger partial charge in [0.2, 0.25) is 0 Å². The third kappa shape index (κ3) is 3.57. The molecule has 4 heteroatoms. The van der Waals surface area contributed by atoms with E-state index in [1.165, 1.54) is 0 Å². The van der Waals surface area contributed by atoms with Crippen molar-refractivity contribution in [3.8, 4) is 0 Å². The summed E-state index contributed by atoms with van der Waals surface area (Å²) in [6.45, 7) is 2.47. The molecule has 1 aromatic rings. The summed E-state index contributed by atoms with van der Waals surface area (Å²) in [5, 5.41) is 8.93. The molecule has 1 N–H and O–H groups in total. The quantitative estimate of drug-likeness (QED) is 0.618. The number of ether oxygens (including phenoxy) is 1. The highest BCUT2D eigenvalue weighted by Gasteiger charge is 2.07. The first kappa shape index (κ1) is 12.1. The Balaban J connectivity index is 2.74. The minimum atomic E-state index is -0.873. The van der Waals surface area contributed by atoms with Gasteiger partial charge in [-0.25, -0.2) is 4.79 Å². The lowest BCUT2D eigenvalue weighted by atomic mass is 10.1. The molecule has 0 saturated carbocycles. The van der Waals surface area contributed by atoms with Crippen molar-refractivity contribution in [2.75, 3.05) is 19.5 Å².